The van der Waals surface area contributed by atoms with E-state index in [9.17, 15) is 4.79 Å². The Labute approximate surface area is 104 Å². The molecule has 1 aliphatic heterocycles. The van der Waals surface area contributed by atoms with Crippen molar-refractivity contribution in [3.8, 4) is 0 Å². The van der Waals surface area contributed by atoms with E-state index in [0.29, 0.717) is 12.6 Å². The molecule has 2 fully saturated rings. The largest absolute Gasteiger partial charge is 0.379 e. The van der Waals surface area contributed by atoms with Crippen molar-refractivity contribution >= 4 is 5.91 Å². The molecule has 0 atom stereocenters. The molecule has 1 amide bonds. The number of ether oxygens (including phenoxy) is 1. The predicted octanol–water partition coefficient (Wildman–Crippen LogP) is 1.11. The monoisotopic (exact) mass is 240 g/mol. The molecule has 0 aromatic carbocycles. The fraction of sp³-hybridized carbons (Fsp3) is 0.923. The molecule has 4 heteroatoms. The minimum Gasteiger partial charge on any atom is -0.379 e. The fourth-order valence-corrected chi connectivity index (χ4v) is 2.73. The van der Waals surface area contributed by atoms with E-state index in [-0.39, 0.29) is 5.91 Å². The van der Waals surface area contributed by atoms with Crippen molar-refractivity contribution in [1.82, 2.24) is 9.80 Å². The zero-order valence-electron chi connectivity index (χ0n) is 10.9. The van der Waals surface area contributed by atoms with Crippen molar-refractivity contribution in [2.45, 2.75) is 38.1 Å². The number of rotatable bonds is 3. The highest BCUT2D eigenvalue weighted by atomic mass is 16.5. The number of hydrogen-bond acceptors (Lipinski definition) is 3. The third-order valence-electron chi connectivity index (χ3n) is 3.98. The molecule has 0 spiro atoms. The maximum Gasteiger partial charge on any atom is 0.236 e. The number of carbonyl (C=O) groups excluding carboxylic acids is 1. The molecule has 1 saturated carbocycles. The topological polar surface area (TPSA) is 32.8 Å². The lowest BCUT2D eigenvalue weighted by Gasteiger charge is -2.33. The van der Waals surface area contributed by atoms with Gasteiger partial charge in [-0.2, -0.15) is 0 Å². The van der Waals surface area contributed by atoms with Crippen LogP contribution < -0.4 is 0 Å². The van der Waals surface area contributed by atoms with Crippen LogP contribution in [0.15, 0.2) is 0 Å². The zero-order chi connectivity index (χ0) is 12.1. The summed E-state index contributed by atoms with van der Waals surface area (Å²) in [5, 5.41) is 0. The lowest BCUT2D eigenvalue weighted by Crippen LogP contribution is -2.47. The second-order valence-corrected chi connectivity index (χ2v) is 5.18. The molecule has 0 bridgehead atoms. The van der Waals surface area contributed by atoms with Gasteiger partial charge in [-0.1, -0.05) is 19.3 Å². The molecule has 0 aromatic heterocycles. The first-order valence-corrected chi connectivity index (χ1v) is 6.83. The third kappa shape index (κ3) is 3.68. The molecule has 98 valence electrons. The van der Waals surface area contributed by atoms with Crippen molar-refractivity contribution in [3.63, 3.8) is 0 Å². The van der Waals surface area contributed by atoms with Gasteiger partial charge in [0.05, 0.1) is 19.8 Å². The van der Waals surface area contributed by atoms with Crippen LogP contribution in [-0.4, -0.2) is 61.6 Å². The van der Waals surface area contributed by atoms with Crippen LogP contribution in [0.4, 0.5) is 0 Å². The highest BCUT2D eigenvalue weighted by molar-refractivity contribution is 5.78. The number of carbonyl (C=O) groups is 1. The van der Waals surface area contributed by atoms with Crippen LogP contribution in [0.2, 0.25) is 0 Å². The summed E-state index contributed by atoms with van der Waals surface area (Å²) in [5.41, 5.74) is 0. The normalized spacial score (nSPS) is 23.6. The van der Waals surface area contributed by atoms with E-state index in [1.165, 1.54) is 32.1 Å². The molecule has 2 aliphatic rings. The van der Waals surface area contributed by atoms with Gasteiger partial charge in [-0.05, 0) is 12.8 Å². The van der Waals surface area contributed by atoms with Crippen LogP contribution >= 0.6 is 0 Å². The maximum atomic E-state index is 12.2. The Morgan fingerprint density at radius 1 is 1.24 bits per heavy atom. The Bertz CT molecular complexity index is 246. The van der Waals surface area contributed by atoms with E-state index in [2.05, 4.69) is 4.90 Å². The van der Waals surface area contributed by atoms with Crippen LogP contribution in [0.5, 0.6) is 0 Å². The van der Waals surface area contributed by atoms with E-state index in [0.717, 1.165) is 26.3 Å². The van der Waals surface area contributed by atoms with Gasteiger partial charge >= 0.3 is 0 Å². The maximum absolute atomic E-state index is 12.2. The van der Waals surface area contributed by atoms with Gasteiger partial charge < -0.3 is 9.64 Å². The van der Waals surface area contributed by atoms with Gasteiger partial charge in [-0.3, -0.25) is 9.69 Å². The molecular weight excluding hydrogens is 216 g/mol. The van der Waals surface area contributed by atoms with Crippen molar-refractivity contribution < 1.29 is 9.53 Å². The van der Waals surface area contributed by atoms with Gasteiger partial charge in [0.2, 0.25) is 5.91 Å². The van der Waals surface area contributed by atoms with Gasteiger partial charge in [0.1, 0.15) is 0 Å². The molecule has 2 rings (SSSR count). The Kier molecular flexibility index (Phi) is 4.80. The first-order chi connectivity index (χ1) is 8.27. The summed E-state index contributed by atoms with van der Waals surface area (Å²) in [6, 6.07) is 0.484. The minimum absolute atomic E-state index is 0.277. The summed E-state index contributed by atoms with van der Waals surface area (Å²) in [7, 11) is 1.97. The molecule has 0 aromatic rings. The Morgan fingerprint density at radius 2 is 1.88 bits per heavy atom. The number of likely N-dealkylation sites (N-methyl/N-ethyl adjacent to an activating group) is 1. The second-order valence-electron chi connectivity index (χ2n) is 5.18. The van der Waals surface area contributed by atoms with Crippen molar-refractivity contribution in [3.05, 3.63) is 0 Å². The second kappa shape index (κ2) is 6.36. The van der Waals surface area contributed by atoms with Gasteiger partial charge in [0.25, 0.3) is 0 Å². The predicted molar refractivity (Wildman–Crippen MR) is 66.9 cm³/mol. The van der Waals surface area contributed by atoms with Gasteiger partial charge in [-0.15, -0.1) is 0 Å². The molecule has 0 radical (unpaired) electrons. The summed E-state index contributed by atoms with van der Waals surface area (Å²) in [5.74, 6) is 0.277. The molecule has 0 N–H and O–H groups in total. The number of amides is 1. The van der Waals surface area contributed by atoms with Crippen molar-refractivity contribution in [1.29, 1.82) is 0 Å². The standard InChI is InChI=1S/C13H24N2O2/c1-14(12-5-3-2-4-6-12)13(16)11-15-7-9-17-10-8-15/h12H,2-11H2,1H3. The van der Waals surface area contributed by atoms with E-state index in [4.69, 9.17) is 4.74 Å². The van der Waals surface area contributed by atoms with Crippen LogP contribution in [0.25, 0.3) is 0 Å². The van der Waals surface area contributed by atoms with Crippen molar-refractivity contribution in [2.24, 2.45) is 0 Å². The number of nitrogens with zero attached hydrogens (tertiary/aromatic N) is 2. The Balaban J connectivity index is 1.77. The van der Waals surface area contributed by atoms with E-state index in [1.807, 2.05) is 11.9 Å². The Morgan fingerprint density at radius 3 is 2.53 bits per heavy atom. The lowest BCUT2D eigenvalue weighted by molar-refractivity contribution is -0.134. The molecule has 1 aliphatic carbocycles. The quantitative estimate of drug-likeness (QED) is 0.741. The average molecular weight is 240 g/mol. The SMILES string of the molecule is CN(C(=O)CN1CCOCC1)C1CCCCC1. The summed E-state index contributed by atoms with van der Waals surface area (Å²) >= 11 is 0. The summed E-state index contributed by atoms with van der Waals surface area (Å²) in [6.07, 6.45) is 6.26. The van der Waals surface area contributed by atoms with Gasteiger partial charge in [0.15, 0.2) is 0 Å². The fourth-order valence-electron chi connectivity index (χ4n) is 2.73. The van der Waals surface area contributed by atoms with Gasteiger partial charge in [-0.25, -0.2) is 0 Å². The molecule has 1 saturated heterocycles. The summed E-state index contributed by atoms with van der Waals surface area (Å²) in [4.78, 5) is 16.3. The highest BCUT2D eigenvalue weighted by Gasteiger charge is 2.23. The molecule has 1 heterocycles. The molecular formula is C13H24N2O2. The summed E-state index contributed by atoms with van der Waals surface area (Å²) < 4.78 is 5.29. The number of hydrogen-bond donors (Lipinski definition) is 0. The first kappa shape index (κ1) is 12.8. The summed E-state index contributed by atoms with van der Waals surface area (Å²) in [6.45, 7) is 3.88. The third-order valence-corrected chi connectivity index (χ3v) is 3.98. The highest BCUT2D eigenvalue weighted by Crippen LogP contribution is 2.21. The Hall–Kier alpha value is -0.610. The average Bonchev–Trinajstić information content (AvgIpc) is 2.40. The lowest BCUT2D eigenvalue weighted by atomic mass is 9.94. The first-order valence-electron chi connectivity index (χ1n) is 6.83. The van der Waals surface area contributed by atoms with Gasteiger partial charge in [0, 0.05) is 26.2 Å². The van der Waals surface area contributed by atoms with E-state index in [1.54, 1.807) is 0 Å². The van der Waals surface area contributed by atoms with E-state index >= 15 is 0 Å². The number of morpholine rings is 1. The zero-order valence-corrected chi connectivity index (χ0v) is 10.9. The van der Waals surface area contributed by atoms with E-state index < -0.39 is 0 Å². The minimum atomic E-state index is 0.277. The van der Waals surface area contributed by atoms with Crippen molar-refractivity contribution in [2.75, 3.05) is 39.9 Å². The molecule has 0 unspecified atom stereocenters. The van der Waals surface area contributed by atoms with Crippen LogP contribution in [-0.2, 0) is 9.53 Å². The van der Waals surface area contributed by atoms with Crippen LogP contribution in [0.3, 0.4) is 0 Å². The smallest absolute Gasteiger partial charge is 0.236 e. The van der Waals surface area contributed by atoms with Crippen LogP contribution in [0, 0.1) is 0 Å². The molecule has 4 nitrogen and oxygen atoms in total. The van der Waals surface area contributed by atoms with Crippen LogP contribution in [0.1, 0.15) is 32.1 Å². The molecule has 17 heavy (non-hydrogen) atoms.